The molecule has 1 aromatic heterocycles. The number of aromatic nitrogens is 1. The summed E-state index contributed by atoms with van der Waals surface area (Å²) in [6, 6.07) is 6.63. The van der Waals surface area contributed by atoms with Crippen LogP contribution in [0.3, 0.4) is 0 Å². The fourth-order valence-corrected chi connectivity index (χ4v) is 4.51. The largest absolute Gasteiger partial charge is 0.449 e. The average molecular weight is 335 g/mol. The molecule has 7 heteroatoms. The summed E-state index contributed by atoms with van der Waals surface area (Å²) in [4.78, 5) is 4.47. The number of sulfonamides is 1. The first-order valence-corrected chi connectivity index (χ1v) is 9.19. The van der Waals surface area contributed by atoms with E-state index in [1.165, 1.54) is 0 Å². The first-order valence-electron chi connectivity index (χ1n) is 7.71. The molecule has 1 fully saturated rings. The van der Waals surface area contributed by atoms with Crippen molar-refractivity contribution in [2.45, 2.75) is 43.0 Å². The van der Waals surface area contributed by atoms with Crippen molar-refractivity contribution in [3.8, 4) is 11.3 Å². The normalized spacial score (nSPS) is 17.5. The third-order valence-electron chi connectivity index (χ3n) is 4.38. The van der Waals surface area contributed by atoms with Crippen LogP contribution >= 0.6 is 0 Å². The van der Waals surface area contributed by atoms with E-state index in [2.05, 4.69) is 9.71 Å². The minimum absolute atomic E-state index is 0.237. The standard InChI is InChI=1S/C16H21N3O3S/c1-12-18-15(10-22-12)13-4-6-14(7-5-13)23(20,21)19-16(11-17)8-2-3-9-16/h4-7,10,19H,2-3,8-9,11,17H2,1H3. The summed E-state index contributed by atoms with van der Waals surface area (Å²) in [5, 5.41) is 0. The van der Waals surface area contributed by atoms with Crippen LogP contribution in [0.1, 0.15) is 31.6 Å². The highest BCUT2D eigenvalue weighted by Crippen LogP contribution is 2.30. The molecule has 0 amide bonds. The van der Waals surface area contributed by atoms with Gasteiger partial charge in [-0.15, -0.1) is 0 Å². The van der Waals surface area contributed by atoms with Gasteiger partial charge in [-0.2, -0.15) is 0 Å². The number of rotatable bonds is 5. The average Bonchev–Trinajstić information content (AvgIpc) is 3.17. The molecule has 3 N–H and O–H groups in total. The lowest BCUT2D eigenvalue weighted by molar-refractivity contribution is 0.399. The number of benzene rings is 1. The van der Waals surface area contributed by atoms with Gasteiger partial charge in [0.05, 0.1) is 4.90 Å². The van der Waals surface area contributed by atoms with Crippen LogP contribution in [0.15, 0.2) is 39.8 Å². The Kier molecular flexibility index (Phi) is 4.27. The van der Waals surface area contributed by atoms with Crippen molar-refractivity contribution in [3.63, 3.8) is 0 Å². The summed E-state index contributed by atoms with van der Waals surface area (Å²) in [5.41, 5.74) is 6.82. The molecule has 0 aliphatic heterocycles. The summed E-state index contributed by atoms with van der Waals surface area (Å²) in [7, 11) is -3.58. The van der Waals surface area contributed by atoms with Crippen LogP contribution in [-0.2, 0) is 10.0 Å². The topological polar surface area (TPSA) is 98.2 Å². The van der Waals surface area contributed by atoms with Gasteiger partial charge in [0.2, 0.25) is 10.0 Å². The van der Waals surface area contributed by atoms with E-state index in [4.69, 9.17) is 10.2 Å². The van der Waals surface area contributed by atoms with E-state index in [1.807, 2.05) is 0 Å². The summed E-state index contributed by atoms with van der Waals surface area (Å²) in [6.07, 6.45) is 5.14. The molecule has 2 aromatic rings. The molecule has 6 nitrogen and oxygen atoms in total. The minimum Gasteiger partial charge on any atom is -0.449 e. The van der Waals surface area contributed by atoms with Crippen LogP contribution in [0.5, 0.6) is 0 Å². The molecule has 1 aliphatic rings. The summed E-state index contributed by atoms with van der Waals surface area (Å²) in [6.45, 7) is 2.09. The van der Waals surface area contributed by atoms with Crippen molar-refractivity contribution in [3.05, 3.63) is 36.4 Å². The number of nitrogens with one attached hydrogen (secondary N) is 1. The first-order chi connectivity index (χ1) is 10.9. The summed E-state index contributed by atoms with van der Waals surface area (Å²) < 4.78 is 33.2. The van der Waals surface area contributed by atoms with Crippen molar-refractivity contribution in [2.75, 3.05) is 6.54 Å². The lowest BCUT2D eigenvalue weighted by Crippen LogP contribution is -2.51. The quantitative estimate of drug-likeness (QED) is 0.873. The zero-order valence-electron chi connectivity index (χ0n) is 13.1. The Labute approximate surface area is 136 Å². The molecule has 3 rings (SSSR count). The van der Waals surface area contributed by atoms with Crippen LogP contribution in [0.25, 0.3) is 11.3 Å². The zero-order valence-corrected chi connectivity index (χ0v) is 13.9. The molecule has 0 saturated heterocycles. The minimum atomic E-state index is -3.58. The molecule has 0 radical (unpaired) electrons. The highest BCUT2D eigenvalue weighted by atomic mass is 32.2. The van der Waals surface area contributed by atoms with E-state index < -0.39 is 15.6 Å². The number of hydrogen-bond donors (Lipinski definition) is 2. The van der Waals surface area contributed by atoms with Gasteiger partial charge in [-0.1, -0.05) is 25.0 Å². The van der Waals surface area contributed by atoms with Crippen LogP contribution in [0.2, 0.25) is 0 Å². The maximum atomic E-state index is 12.6. The smallest absolute Gasteiger partial charge is 0.241 e. The molecule has 124 valence electrons. The molecule has 0 atom stereocenters. The van der Waals surface area contributed by atoms with E-state index in [0.29, 0.717) is 18.1 Å². The number of hydrogen-bond acceptors (Lipinski definition) is 5. The van der Waals surface area contributed by atoms with Gasteiger partial charge < -0.3 is 10.2 Å². The van der Waals surface area contributed by atoms with Crippen LogP contribution in [0, 0.1) is 6.92 Å². The van der Waals surface area contributed by atoms with E-state index in [-0.39, 0.29) is 4.90 Å². The third kappa shape index (κ3) is 3.31. The number of aryl methyl sites for hydroxylation is 1. The first kappa shape index (κ1) is 16.2. The molecule has 1 heterocycles. The zero-order chi connectivity index (χ0) is 16.5. The third-order valence-corrected chi connectivity index (χ3v) is 5.98. The van der Waals surface area contributed by atoms with Crippen LogP contribution < -0.4 is 10.5 Å². The highest BCUT2D eigenvalue weighted by molar-refractivity contribution is 7.89. The highest BCUT2D eigenvalue weighted by Gasteiger charge is 2.36. The van der Waals surface area contributed by atoms with E-state index in [0.717, 1.165) is 31.2 Å². The Morgan fingerprint density at radius 3 is 2.43 bits per heavy atom. The second-order valence-electron chi connectivity index (χ2n) is 6.07. The van der Waals surface area contributed by atoms with Crippen LogP contribution in [0.4, 0.5) is 0 Å². The molecule has 1 saturated carbocycles. The molecule has 0 spiro atoms. The Bertz CT molecular complexity index is 775. The number of oxazole rings is 1. The molecule has 0 unspecified atom stereocenters. The predicted molar refractivity (Wildman–Crippen MR) is 87.3 cm³/mol. The Morgan fingerprint density at radius 2 is 1.91 bits per heavy atom. The van der Waals surface area contributed by atoms with Gasteiger partial charge >= 0.3 is 0 Å². The van der Waals surface area contributed by atoms with Gasteiger partial charge in [0.25, 0.3) is 0 Å². The second-order valence-corrected chi connectivity index (χ2v) is 7.76. The van der Waals surface area contributed by atoms with Gasteiger partial charge in [0.15, 0.2) is 5.89 Å². The molecule has 23 heavy (non-hydrogen) atoms. The Morgan fingerprint density at radius 1 is 1.26 bits per heavy atom. The second kappa shape index (κ2) is 6.07. The molecule has 1 aliphatic carbocycles. The Hall–Kier alpha value is -1.70. The van der Waals surface area contributed by atoms with Crippen molar-refractivity contribution < 1.29 is 12.8 Å². The molecular weight excluding hydrogens is 314 g/mol. The predicted octanol–water partition coefficient (Wildman–Crippen LogP) is 2.20. The van der Waals surface area contributed by atoms with Crippen molar-refractivity contribution in [1.29, 1.82) is 0 Å². The van der Waals surface area contributed by atoms with E-state index in [9.17, 15) is 8.42 Å². The van der Waals surface area contributed by atoms with Gasteiger partial charge in [0.1, 0.15) is 12.0 Å². The molecule has 0 bridgehead atoms. The summed E-state index contributed by atoms with van der Waals surface area (Å²) in [5.74, 6) is 0.574. The maximum absolute atomic E-state index is 12.6. The van der Waals surface area contributed by atoms with Crippen LogP contribution in [-0.4, -0.2) is 25.5 Å². The number of nitrogens with two attached hydrogens (primary N) is 1. The lowest BCUT2D eigenvalue weighted by atomic mass is 10.0. The monoisotopic (exact) mass is 335 g/mol. The SMILES string of the molecule is Cc1nc(-c2ccc(S(=O)(=O)NC3(CN)CCCC3)cc2)co1. The fraction of sp³-hybridized carbons (Fsp3) is 0.438. The van der Waals surface area contributed by atoms with E-state index in [1.54, 1.807) is 37.5 Å². The Balaban J connectivity index is 1.83. The number of nitrogens with zero attached hydrogens (tertiary/aromatic N) is 1. The van der Waals surface area contributed by atoms with Gasteiger partial charge in [-0.05, 0) is 25.0 Å². The maximum Gasteiger partial charge on any atom is 0.241 e. The lowest BCUT2D eigenvalue weighted by Gasteiger charge is -2.28. The fourth-order valence-electron chi connectivity index (χ4n) is 3.04. The summed E-state index contributed by atoms with van der Waals surface area (Å²) >= 11 is 0. The van der Waals surface area contributed by atoms with E-state index >= 15 is 0 Å². The van der Waals surface area contributed by atoms with Gasteiger partial charge in [0, 0.05) is 24.6 Å². The van der Waals surface area contributed by atoms with Crippen molar-refractivity contribution in [1.82, 2.24) is 9.71 Å². The van der Waals surface area contributed by atoms with Crippen molar-refractivity contribution >= 4 is 10.0 Å². The molecule has 1 aromatic carbocycles. The molecular formula is C16H21N3O3S. The van der Waals surface area contributed by atoms with Crippen molar-refractivity contribution in [2.24, 2.45) is 5.73 Å². The van der Waals surface area contributed by atoms with Gasteiger partial charge in [-0.25, -0.2) is 18.1 Å². The van der Waals surface area contributed by atoms with Gasteiger partial charge in [-0.3, -0.25) is 0 Å².